The van der Waals surface area contributed by atoms with E-state index in [2.05, 4.69) is 62.5 Å². The molecule has 41 heavy (non-hydrogen) atoms. The summed E-state index contributed by atoms with van der Waals surface area (Å²) in [6.07, 6.45) is 5.26. The molecule has 1 aromatic heterocycles. The van der Waals surface area contributed by atoms with Crippen molar-refractivity contribution in [2.24, 2.45) is 18.9 Å². The number of imidazole rings is 1. The van der Waals surface area contributed by atoms with Crippen LogP contribution in [-0.2, 0) is 13.5 Å². The molecule has 0 radical (unpaired) electrons. The normalized spacial score (nSPS) is 13.4. The van der Waals surface area contributed by atoms with Crippen LogP contribution in [0.3, 0.4) is 0 Å². The third kappa shape index (κ3) is 7.45. The van der Waals surface area contributed by atoms with Gasteiger partial charge in [0.15, 0.2) is 0 Å². The number of hydrogen-bond donors (Lipinski definition) is 1. The van der Waals surface area contributed by atoms with Crippen LogP contribution in [0.1, 0.15) is 58.7 Å². The third-order valence-corrected chi connectivity index (χ3v) is 8.46. The number of carboxylic acid groups (broad SMARTS) is 1. The highest BCUT2D eigenvalue weighted by Crippen LogP contribution is 2.32. The Labute approximate surface area is 243 Å². The van der Waals surface area contributed by atoms with Gasteiger partial charge in [-0.15, -0.1) is 0 Å². The number of amides is 1. The number of aryl methyl sites for hydroxylation is 2. The predicted octanol–water partition coefficient (Wildman–Crippen LogP) is 8.14. The fourth-order valence-electron chi connectivity index (χ4n) is 6.19. The molecule has 2 atom stereocenters. The first-order valence-corrected chi connectivity index (χ1v) is 15.0. The zero-order chi connectivity index (χ0) is 29.5. The molecule has 0 unspecified atom stereocenters. The molecule has 1 heterocycles. The van der Waals surface area contributed by atoms with Crippen molar-refractivity contribution >= 4 is 33.6 Å². The number of rotatable bonds is 14. The van der Waals surface area contributed by atoms with Gasteiger partial charge in [-0.2, -0.15) is 0 Å². The van der Waals surface area contributed by atoms with Gasteiger partial charge in [-0.1, -0.05) is 57.9 Å². The average molecular weight is 561 g/mol. The molecule has 0 saturated heterocycles. The Hall–Kier alpha value is -3.45. The Morgan fingerprint density at radius 3 is 2.44 bits per heavy atom. The van der Waals surface area contributed by atoms with Gasteiger partial charge in [0.05, 0.1) is 11.0 Å². The summed E-state index contributed by atoms with van der Waals surface area (Å²) in [6.45, 7) is 8.32. The summed E-state index contributed by atoms with van der Waals surface area (Å²) in [7, 11) is 4.26. The topological polar surface area (TPSA) is 61.6 Å². The monoisotopic (exact) mass is 560 g/mol. The second-order valence-corrected chi connectivity index (χ2v) is 11.7. The van der Waals surface area contributed by atoms with Gasteiger partial charge in [-0.05, 0) is 98.4 Å². The maximum atomic E-state index is 13.7. The molecule has 6 nitrogen and oxygen atoms in total. The van der Waals surface area contributed by atoms with E-state index in [1.807, 2.05) is 18.2 Å². The van der Waals surface area contributed by atoms with E-state index in [1.165, 1.54) is 17.6 Å². The molecule has 0 spiro atoms. The first kappa shape index (κ1) is 30.5. The van der Waals surface area contributed by atoms with E-state index in [4.69, 9.17) is 4.98 Å². The minimum Gasteiger partial charge on any atom is -0.465 e. The molecule has 0 bridgehead atoms. The summed E-state index contributed by atoms with van der Waals surface area (Å²) in [5, 5.41) is 11.9. The molecule has 0 aliphatic heterocycles. The highest BCUT2D eigenvalue weighted by Gasteiger charge is 2.33. The van der Waals surface area contributed by atoms with Crippen molar-refractivity contribution in [3.63, 3.8) is 0 Å². The Kier molecular flexibility index (Phi) is 10.4. The quantitative estimate of drug-likeness (QED) is 0.158. The lowest BCUT2D eigenvalue weighted by Crippen LogP contribution is -2.48. The van der Waals surface area contributed by atoms with Gasteiger partial charge in [0, 0.05) is 25.2 Å². The van der Waals surface area contributed by atoms with Crippen LogP contribution in [0.4, 0.5) is 14.9 Å². The first-order chi connectivity index (χ1) is 19.7. The van der Waals surface area contributed by atoms with Gasteiger partial charge in [0.25, 0.3) is 0 Å². The number of benzene rings is 3. The summed E-state index contributed by atoms with van der Waals surface area (Å²) in [6, 6.07) is 18.2. The number of nitrogens with zero attached hydrogens (tertiary/aromatic N) is 4. The molecule has 0 aliphatic rings. The second kappa shape index (κ2) is 13.9. The minimum absolute atomic E-state index is 0.146. The van der Waals surface area contributed by atoms with Crippen LogP contribution in [0.15, 0.2) is 60.7 Å². The molecular weight excluding hydrogens is 515 g/mol. The molecule has 0 fully saturated rings. The Morgan fingerprint density at radius 1 is 1.00 bits per heavy atom. The van der Waals surface area contributed by atoms with Crippen molar-refractivity contribution in [2.75, 3.05) is 25.0 Å². The molecule has 7 heteroatoms. The molecule has 1 amide bonds. The van der Waals surface area contributed by atoms with E-state index < -0.39 is 6.09 Å². The van der Waals surface area contributed by atoms with Crippen LogP contribution in [0.2, 0.25) is 0 Å². The van der Waals surface area contributed by atoms with Gasteiger partial charge < -0.3 is 14.6 Å². The highest BCUT2D eigenvalue weighted by atomic mass is 19.1. The smallest absolute Gasteiger partial charge is 0.412 e. The van der Waals surface area contributed by atoms with Crippen molar-refractivity contribution in [2.45, 2.75) is 65.3 Å². The lowest BCUT2D eigenvalue weighted by molar-refractivity contribution is 0.185. The predicted molar refractivity (Wildman–Crippen MR) is 167 cm³/mol. The lowest BCUT2D eigenvalue weighted by atomic mass is 9.84. The number of para-hydroxylation sites is 2. The largest absolute Gasteiger partial charge is 0.465 e. The second-order valence-electron chi connectivity index (χ2n) is 11.7. The molecule has 4 aromatic rings. The molecule has 1 N–H and O–H groups in total. The standard InChI is InChI=1S/C34H45FN4O2/c1-6-25(19-21-37(4)20-11-7-8-14-32-36-30-12-9-10-13-31(30)38(32)5)33(24(2)3)39(34(40)41)29-18-16-26-22-28(35)17-15-27(26)23-29/h9-10,12-13,15-18,22-25,33H,6-8,11,14,19-21H2,1-5H3,(H,40,41)/t25-,33-/m0/s1. The summed E-state index contributed by atoms with van der Waals surface area (Å²) in [5.41, 5.74) is 2.89. The van der Waals surface area contributed by atoms with Crippen LogP contribution in [0.5, 0.6) is 0 Å². The molecular formula is C34H45FN4O2. The molecule has 3 aromatic carbocycles. The first-order valence-electron chi connectivity index (χ1n) is 15.0. The number of hydrogen-bond acceptors (Lipinski definition) is 3. The number of fused-ring (bicyclic) bond motifs is 2. The SMILES string of the molecule is CC[C@@H](CCN(C)CCCCCc1nc2ccccc2n1C)[C@H](C(C)C)N(C(=O)O)c1ccc2cc(F)ccc2c1. The van der Waals surface area contributed by atoms with Gasteiger partial charge in [-0.3, -0.25) is 4.90 Å². The van der Waals surface area contributed by atoms with E-state index in [0.717, 1.165) is 73.7 Å². The van der Waals surface area contributed by atoms with Crippen LogP contribution in [0.25, 0.3) is 21.8 Å². The van der Waals surface area contributed by atoms with Gasteiger partial charge >= 0.3 is 6.09 Å². The highest BCUT2D eigenvalue weighted by molar-refractivity contribution is 5.92. The average Bonchev–Trinajstić information content (AvgIpc) is 3.27. The van der Waals surface area contributed by atoms with E-state index in [9.17, 15) is 14.3 Å². The number of unbranched alkanes of at least 4 members (excludes halogenated alkanes) is 2. The van der Waals surface area contributed by atoms with Gasteiger partial charge in [-0.25, -0.2) is 14.2 Å². The van der Waals surface area contributed by atoms with Crippen molar-refractivity contribution in [3.8, 4) is 0 Å². The van der Waals surface area contributed by atoms with E-state index in [1.54, 1.807) is 17.0 Å². The number of anilines is 1. The zero-order valence-electron chi connectivity index (χ0n) is 25.2. The van der Waals surface area contributed by atoms with Crippen LogP contribution in [0, 0.1) is 17.7 Å². The fourth-order valence-corrected chi connectivity index (χ4v) is 6.19. The minimum atomic E-state index is -0.947. The summed E-state index contributed by atoms with van der Waals surface area (Å²) < 4.78 is 15.9. The number of halogens is 1. The zero-order valence-corrected chi connectivity index (χ0v) is 25.2. The Morgan fingerprint density at radius 2 is 1.73 bits per heavy atom. The maximum Gasteiger partial charge on any atom is 0.412 e. The van der Waals surface area contributed by atoms with Crippen LogP contribution < -0.4 is 4.90 Å². The van der Waals surface area contributed by atoms with E-state index >= 15 is 0 Å². The van der Waals surface area contributed by atoms with Crippen molar-refractivity contribution in [3.05, 3.63) is 72.3 Å². The van der Waals surface area contributed by atoms with E-state index in [-0.39, 0.29) is 23.7 Å². The Balaban J connectivity index is 1.32. The van der Waals surface area contributed by atoms with Gasteiger partial charge in [0.2, 0.25) is 0 Å². The van der Waals surface area contributed by atoms with Crippen molar-refractivity contribution in [1.29, 1.82) is 0 Å². The van der Waals surface area contributed by atoms with E-state index in [0.29, 0.717) is 5.69 Å². The molecule has 0 saturated carbocycles. The number of aromatic nitrogens is 2. The summed E-state index contributed by atoms with van der Waals surface area (Å²) >= 11 is 0. The number of carbonyl (C=O) groups is 1. The Bertz CT molecular complexity index is 1450. The third-order valence-electron chi connectivity index (χ3n) is 8.46. The maximum absolute atomic E-state index is 13.7. The van der Waals surface area contributed by atoms with Crippen LogP contribution >= 0.6 is 0 Å². The summed E-state index contributed by atoms with van der Waals surface area (Å²) in [5.74, 6) is 1.21. The molecule has 220 valence electrons. The van der Waals surface area contributed by atoms with Gasteiger partial charge in [0.1, 0.15) is 11.6 Å². The summed E-state index contributed by atoms with van der Waals surface area (Å²) in [4.78, 5) is 21.3. The molecule has 0 aliphatic carbocycles. The molecule has 4 rings (SSSR count). The van der Waals surface area contributed by atoms with Crippen LogP contribution in [-0.4, -0.2) is 51.8 Å². The lowest BCUT2D eigenvalue weighted by Gasteiger charge is -2.38. The van der Waals surface area contributed by atoms with Crippen molar-refractivity contribution < 1.29 is 14.3 Å². The van der Waals surface area contributed by atoms with Crippen molar-refractivity contribution in [1.82, 2.24) is 14.5 Å². The fraction of sp³-hybridized carbons (Fsp3) is 0.471.